The van der Waals surface area contributed by atoms with E-state index in [1.165, 1.54) is 11.3 Å². The van der Waals surface area contributed by atoms with Gasteiger partial charge in [0.25, 0.3) is 0 Å². The highest BCUT2D eigenvalue weighted by Crippen LogP contribution is 2.28. The zero-order valence-electron chi connectivity index (χ0n) is 13.6. The van der Waals surface area contributed by atoms with Crippen molar-refractivity contribution >= 4 is 47.4 Å². The summed E-state index contributed by atoms with van der Waals surface area (Å²) in [4.78, 5) is 6.75. The third-order valence-corrected chi connectivity index (χ3v) is 4.45. The van der Waals surface area contributed by atoms with Gasteiger partial charge in [-0.05, 0) is 31.2 Å². The first-order valence-corrected chi connectivity index (χ1v) is 8.93. The normalized spacial score (nSPS) is 15.0. The standard InChI is InChI=1S/C16H26N4S.HI/c1-13(12-19-16(17-2)18-9-11-21-3)20-10-8-14-6-4-5-7-15(14)20;/h4-7,13H,8-12H2,1-3H3,(H2,17,18,19);1H. The monoisotopic (exact) mass is 434 g/mol. The Morgan fingerprint density at radius 2 is 2.14 bits per heavy atom. The molecule has 0 spiro atoms. The summed E-state index contributed by atoms with van der Waals surface area (Å²) in [5.41, 5.74) is 2.85. The van der Waals surface area contributed by atoms with Gasteiger partial charge in [-0.3, -0.25) is 4.99 Å². The lowest BCUT2D eigenvalue weighted by Gasteiger charge is -2.28. The van der Waals surface area contributed by atoms with Crippen molar-refractivity contribution in [2.75, 3.05) is 43.6 Å². The molecule has 0 saturated heterocycles. The molecule has 0 bridgehead atoms. The molecule has 22 heavy (non-hydrogen) atoms. The van der Waals surface area contributed by atoms with Gasteiger partial charge in [-0.1, -0.05) is 18.2 Å². The molecule has 1 unspecified atom stereocenters. The van der Waals surface area contributed by atoms with Crippen molar-refractivity contribution in [3.63, 3.8) is 0 Å². The van der Waals surface area contributed by atoms with Crippen LogP contribution < -0.4 is 15.5 Å². The predicted octanol–water partition coefficient (Wildman–Crippen LogP) is 2.58. The van der Waals surface area contributed by atoms with Gasteiger partial charge < -0.3 is 15.5 Å². The summed E-state index contributed by atoms with van der Waals surface area (Å²) in [6.07, 6.45) is 3.27. The van der Waals surface area contributed by atoms with Crippen LogP contribution in [0.25, 0.3) is 0 Å². The molecular formula is C16H27IN4S. The van der Waals surface area contributed by atoms with Crippen LogP contribution in [-0.2, 0) is 6.42 Å². The Hall–Kier alpha value is -0.630. The molecule has 0 aliphatic carbocycles. The van der Waals surface area contributed by atoms with Crippen LogP contribution in [0.3, 0.4) is 0 Å². The van der Waals surface area contributed by atoms with E-state index < -0.39 is 0 Å². The van der Waals surface area contributed by atoms with E-state index in [4.69, 9.17) is 0 Å². The van der Waals surface area contributed by atoms with E-state index in [0.717, 1.165) is 37.8 Å². The first-order chi connectivity index (χ1) is 10.3. The second-order valence-corrected chi connectivity index (χ2v) is 6.28. The third kappa shape index (κ3) is 5.22. The van der Waals surface area contributed by atoms with Crippen molar-refractivity contribution in [2.45, 2.75) is 19.4 Å². The summed E-state index contributed by atoms with van der Waals surface area (Å²) in [5, 5.41) is 6.76. The first-order valence-electron chi connectivity index (χ1n) is 7.54. The number of hydrogen-bond donors (Lipinski definition) is 2. The molecule has 2 N–H and O–H groups in total. The van der Waals surface area contributed by atoms with Gasteiger partial charge in [0.2, 0.25) is 0 Å². The summed E-state index contributed by atoms with van der Waals surface area (Å²) in [7, 11) is 1.82. The minimum absolute atomic E-state index is 0. The number of rotatable bonds is 6. The molecule has 0 fully saturated rings. The van der Waals surface area contributed by atoms with Gasteiger partial charge in [-0.25, -0.2) is 0 Å². The quantitative estimate of drug-likeness (QED) is 0.313. The second-order valence-electron chi connectivity index (χ2n) is 5.29. The summed E-state index contributed by atoms with van der Waals surface area (Å²) in [6, 6.07) is 9.17. The number of nitrogens with one attached hydrogen (secondary N) is 2. The number of aliphatic imine (C=N–C) groups is 1. The highest BCUT2D eigenvalue weighted by atomic mass is 127. The maximum atomic E-state index is 4.27. The number of nitrogens with zero attached hydrogens (tertiary/aromatic N) is 2. The Labute approximate surface area is 155 Å². The van der Waals surface area contributed by atoms with E-state index in [9.17, 15) is 0 Å². The number of para-hydroxylation sites is 1. The van der Waals surface area contributed by atoms with Crippen LogP contribution in [-0.4, -0.2) is 50.7 Å². The van der Waals surface area contributed by atoms with E-state index >= 15 is 0 Å². The van der Waals surface area contributed by atoms with Crippen LogP contribution in [0.1, 0.15) is 12.5 Å². The van der Waals surface area contributed by atoms with Gasteiger partial charge in [0.05, 0.1) is 0 Å². The fourth-order valence-electron chi connectivity index (χ4n) is 2.67. The van der Waals surface area contributed by atoms with Crippen molar-refractivity contribution in [1.82, 2.24) is 10.6 Å². The van der Waals surface area contributed by atoms with Crippen molar-refractivity contribution in [1.29, 1.82) is 0 Å². The van der Waals surface area contributed by atoms with Gasteiger partial charge in [0, 0.05) is 44.2 Å². The number of anilines is 1. The largest absolute Gasteiger partial charge is 0.366 e. The predicted molar refractivity (Wildman–Crippen MR) is 110 cm³/mol. The van der Waals surface area contributed by atoms with E-state index in [1.807, 2.05) is 18.8 Å². The lowest BCUT2D eigenvalue weighted by Crippen LogP contribution is -2.46. The Balaban J connectivity index is 0.00000242. The number of hydrogen-bond acceptors (Lipinski definition) is 3. The number of guanidine groups is 1. The van der Waals surface area contributed by atoms with E-state index in [1.54, 1.807) is 0 Å². The average molecular weight is 434 g/mol. The Kier molecular flexibility index (Phi) is 9.00. The summed E-state index contributed by atoms with van der Waals surface area (Å²) >= 11 is 1.84. The van der Waals surface area contributed by atoms with Crippen LogP contribution in [0.5, 0.6) is 0 Å². The minimum Gasteiger partial charge on any atom is -0.366 e. The molecule has 0 radical (unpaired) electrons. The molecule has 4 nitrogen and oxygen atoms in total. The van der Waals surface area contributed by atoms with Crippen molar-refractivity contribution in [3.8, 4) is 0 Å². The van der Waals surface area contributed by atoms with Gasteiger partial charge in [0.15, 0.2) is 5.96 Å². The Morgan fingerprint density at radius 3 is 2.86 bits per heavy atom. The molecule has 0 amide bonds. The fourth-order valence-corrected chi connectivity index (χ4v) is 2.97. The summed E-state index contributed by atoms with van der Waals surface area (Å²) in [5.74, 6) is 1.99. The number of fused-ring (bicyclic) bond motifs is 1. The zero-order valence-corrected chi connectivity index (χ0v) is 16.8. The van der Waals surface area contributed by atoms with Crippen LogP contribution in [0.2, 0.25) is 0 Å². The highest BCUT2D eigenvalue weighted by molar-refractivity contribution is 14.0. The van der Waals surface area contributed by atoms with Crippen molar-refractivity contribution in [2.24, 2.45) is 4.99 Å². The van der Waals surface area contributed by atoms with E-state index in [-0.39, 0.29) is 24.0 Å². The van der Waals surface area contributed by atoms with Crippen LogP contribution in [0, 0.1) is 0 Å². The molecule has 1 aliphatic heterocycles. The molecule has 0 saturated carbocycles. The molecule has 1 aliphatic rings. The van der Waals surface area contributed by atoms with Gasteiger partial charge in [0.1, 0.15) is 0 Å². The minimum atomic E-state index is 0. The zero-order chi connectivity index (χ0) is 15.1. The molecule has 6 heteroatoms. The maximum absolute atomic E-state index is 4.27. The lowest BCUT2D eigenvalue weighted by molar-refractivity contribution is 0.627. The molecule has 124 valence electrons. The van der Waals surface area contributed by atoms with Gasteiger partial charge in [-0.15, -0.1) is 24.0 Å². The Bertz CT molecular complexity index is 481. The number of thioether (sulfide) groups is 1. The molecule has 2 rings (SSSR count). The highest BCUT2D eigenvalue weighted by Gasteiger charge is 2.22. The number of halogens is 1. The topological polar surface area (TPSA) is 39.7 Å². The third-order valence-electron chi connectivity index (χ3n) is 3.84. The number of benzene rings is 1. The molecule has 1 atom stereocenters. The van der Waals surface area contributed by atoms with Crippen molar-refractivity contribution in [3.05, 3.63) is 29.8 Å². The fraction of sp³-hybridized carbons (Fsp3) is 0.562. The van der Waals surface area contributed by atoms with E-state index in [0.29, 0.717) is 6.04 Å². The van der Waals surface area contributed by atoms with Gasteiger partial charge >= 0.3 is 0 Å². The van der Waals surface area contributed by atoms with Crippen LogP contribution in [0.4, 0.5) is 5.69 Å². The SMILES string of the molecule is CN=C(NCCSC)NCC(C)N1CCc2ccccc21.I. The molecular weight excluding hydrogens is 407 g/mol. The first kappa shape index (κ1) is 19.4. The van der Waals surface area contributed by atoms with Crippen LogP contribution >= 0.6 is 35.7 Å². The Morgan fingerprint density at radius 1 is 1.36 bits per heavy atom. The molecule has 1 aromatic rings. The summed E-state index contributed by atoms with van der Waals surface area (Å²) < 4.78 is 0. The van der Waals surface area contributed by atoms with Crippen LogP contribution in [0.15, 0.2) is 29.3 Å². The maximum Gasteiger partial charge on any atom is 0.191 e. The summed E-state index contributed by atoms with van der Waals surface area (Å²) in [6.45, 7) is 5.22. The smallest absolute Gasteiger partial charge is 0.191 e. The molecule has 1 aromatic carbocycles. The molecule has 1 heterocycles. The second kappa shape index (κ2) is 10.2. The van der Waals surface area contributed by atoms with Crippen molar-refractivity contribution < 1.29 is 0 Å². The average Bonchev–Trinajstić information content (AvgIpc) is 2.94. The lowest BCUT2D eigenvalue weighted by atomic mass is 10.2. The van der Waals surface area contributed by atoms with E-state index in [2.05, 4.69) is 58.0 Å². The molecule has 0 aromatic heterocycles. The van der Waals surface area contributed by atoms with Gasteiger partial charge in [-0.2, -0.15) is 11.8 Å².